The van der Waals surface area contributed by atoms with E-state index in [1.54, 1.807) is 0 Å². The van der Waals surface area contributed by atoms with Gasteiger partial charge in [-0.3, -0.25) is 5.43 Å². The molecule has 0 saturated heterocycles. The monoisotopic (exact) mass is 291 g/mol. The molecule has 1 rings (SSSR count). The van der Waals surface area contributed by atoms with Crippen molar-refractivity contribution in [3.8, 4) is 0 Å². The first-order valence-electron chi connectivity index (χ1n) is 7.06. The van der Waals surface area contributed by atoms with E-state index in [0.717, 1.165) is 18.6 Å². The quantitative estimate of drug-likeness (QED) is 0.477. The van der Waals surface area contributed by atoms with Gasteiger partial charge in [-0.15, -0.1) is 0 Å². The van der Waals surface area contributed by atoms with E-state index < -0.39 is 0 Å². The Morgan fingerprint density at radius 1 is 1.20 bits per heavy atom. The van der Waals surface area contributed by atoms with Crippen molar-refractivity contribution >= 4 is 23.0 Å². The minimum Gasteiger partial charge on any atom is -0.375 e. The minimum atomic E-state index is 0.217. The van der Waals surface area contributed by atoms with E-state index in [4.69, 9.17) is 18.0 Å². The average Bonchev–Trinajstić information content (AvgIpc) is 2.36. The summed E-state index contributed by atoms with van der Waals surface area (Å²) >= 11 is 4.81. The fraction of sp³-hybridized carbons (Fsp3) is 0.500. The Morgan fingerprint density at radius 3 is 2.30 bits per heavy atom. The number of nitrogens with zero attached hydrogens (tertiary/aromatic N) is 1. The Balaban J connectivity index is 2.75. The number of rotatable bonds is 6. The van der Waals surface area contributed by atoms with Gasteiger partial charge in [0.1, 0.15) is 0 Å². The third-order valence-corrected chi connectivity index (χ3v) is 3.25. The number of nitrogens with two attached hydrogens (primary N) is 1. The van der Waals surface area contributed by atoms with Gasteiger partial charge in [0.2, 0.25) is 0 Å². The van der Waals surface area contributed by atoms with Crippen LogP contribution in [0.3, 0.4) is 0 Å². The molecular weight excluding hydrogens is 266 g/mol. The van der Waals surface area contributed by atoms with E-state index in [1.165, 1.54) is 11.1 Å². The topological polar surface area (TPSA) is 50.4 Å². The van der Waals surface area contributed by atoms with Gasteiger partial charge in [-0.25, -0.2) is 0 Å². The van der Waals surface area contributed by atoms with E-state index in [1.807, 2.05) is 0 Å². The SMILES string of the molecule is Cc1ccc(C(C)C/C(CC(C)C)=N/NC(N)=S)cc1. The van der Waals surface area contributed by atoms with Crippen LogP contribution in [0.15, 0.2) is 29.4 Å². The number of hydrazone groups is 1. The summed E-state index contributed by atoms with van der Waals surface area (Å²) in [5.74, 6) is 0.994. The second-order valence-electron chi connectivity index (χ2n) is 5.77. The summed E-state index contributed by atoms with van der Waals surface area (Å²) in [6, 6.07) is 8.68. The van der Waals surface area contributed by atoms with Gasteiger partial charge in [-0.2, -0.15) is 5.10 Å². The van der Waals surface area contributed by atoms with Crippen LogP contribution in [0.2, 0.25) is 0 Å². The van der Waals surface area contributed by atoms with Crippen LogP contribution < -0.4 is 11.2 Å². The summed E-state index contributed by atoms with van der Waals surface area (Å²) in [6.07, 6.45) is 1.86. The van der Waals surface area contributed by atoms with Gasteiger partial charge in [-0.05, 0) is 49.4 Å². The molecule has 0 aliphatic heterocycles. The van der Waals surface area contributed by atoms with Crippen molar-refractivity contribution in [3.05, 3.63) is 35.4 Å². The van der Waals surface area contributed by atoms with E-state index in [9.17, 15) is 0 Å². The Labute approximate surface area is 127 Å². The van der Waals surface area contributed by atoms with Crippen molar-refractivity contribution in [3.63, 3.8) is 0 Å². The van der Waals surface area contributed by atoms with E-state index >= 15 is 0 Å². The van der Waals surface area contributed by atoms with E-state index in [0.29, 0.717) is 11.8 Å². The highest BCUT2D eigenvalue weighted by molar-refractivity contribution is 7.80. The van der Waals surface area contributed by atoms with Crippen LogP contribution in [-0.2, 0) is 0 Å². The first-order valence-corrected chi connectivity index (χ1v) is 7.46. The Kier molecular flexibility index (Phi) is 6.65. The lowest BCUT2D eigenvalue weighted by atomic mass is 9.92. The molecule has 0 fully saturated rings. The highest BCUT2D eigenvalue weighted by atomic mass is 32.1. The zero-order valence-corrected chi connectivity index (χ0v) is 13.6. The summed E-state index contributed by atoms with van der Waals surface area (Å²) < 4.78 is 0. The maximum atomic E-state index is 5.44. The van der Waals surface area contributed by atoms with Crippen LogP contribution in [0.5, 0.6) is 0 Å². The van der Waals surface area contributed by atoms with Crippen molar-refractivity contribution in [1.29, 1.82) is 0 Å². The second-order valence-corrected chi connectivity index (χ2v) is 6.21. The molecule has 20 heavy (non-hydrogen) atoms. The smallest absolute Gasteiger partial charge is 0.184 e. The molecule has 0 radical (unpaired) electrons. The normalized spacial score (nSPS) is 13.3. The molecule has 1 atom stereocenters. The predicted octanol–water partition coefficient (Wildman–Crippen LogP) is 3.72. The zero-order valence-electron chi connectivity index (χ0n) is 12.8. The number of benzene rings is 1. The summed E-state index contributed by atoms with van der Waals surface area (Å²) in [4.78, 5) is 0. The van der Waals surface area contributed by atoms with Gasteiger partial charge >= 0.3 is 0 Å². The molecule has 3 nitrogen and oxygen atoms in total. The lowest BCUT2D eigenvalue weighted by molar-refractivity contribution is 0.661. The molecule has 1 aromatic carbocycles. The summed E-state index contributed by atoms with van der Waals surface area (Å²) in [5, 5.41) is 4.56. The molecule has 0 spiro atoms. The first-order chi connectivity index (χ1) is 9.38. The summed E-state index contributed by atoms with van der Waals surface area (Å²) in [7, 11) is 0. The summed E-state index contributed by atoms with van der Waals surface area (Å²) in [6.45, 7) is 8.70. The molecule has 0 aromatic heterocycles. The van der Waals surface area contributed by atoms with Gasteiger partial charge in [-0.1, -0.05) is 50.6 Å². The van der Waals surface area contributed by atoms with Gasteiger partial charge in [0.25, 0.3) is 0 Å². The first kappa shape index (κ1) is 16.6. The Morgan fingerprint density at radius 2 is 1.80 bits per heavy atom. The largest absolute Gasteiger partial charge is 0.375 e. The molecule has 0 bridgehead atoms. The minimum absolute atomic E-state index is 0.217. The van der Waals surface area contributed by atoms with Crippen molar-refractivity contribution in [2.24, 2.45) is 16.8 Å². The fourth-order valence-electron chi connectivity index (χ4n) is 2.15. The summed E-state index contributed by atoms with van der Waals surface area (Å²) in [5.41, 5.74) is 11.9. The number of hydrogen-bond acceptors (Lipinski definition) is 2. The number of nitrogens with one attached hydrogen (secondary N) is 1. The molecule has 1 unspecified atom stereocenters. The number of thiocarbonyl (C=S) groups is 1. The third kappa shape index (κ3) is 6.15. The molecule has 1 aromatic rings. The van der Waals surface area contributed by atoms with Crippen LogP contribution in [0.4, 0.5) is 0 Å². The zero-order chi connectivity index (χ0) is 15.1. The van der Waals surface area contributed by atoms with Gasteiger partial charge in [0.05, 0.1) is 0 Å². The van der Waals surface area contributed by atoms with Crippen LogP contribution in [-0.4, -0.2) is 10.8 Å². The molecule has 3 N–H and O–H groups in total. The molecule has 0 aliphatic carbocycles. The molecule has 0 amide bonds. The molecule has 0 aliphatic rings. The fourth-order valence-corrected chi connectivity index (χ4v) is 2.19. The van der Waals surface area contributed by atoms with Crippen molar-refractivity contribution in [2.75, 3.05) is 0 Å². The second kappa shape index (κ2) is 8.00. The average molecular weight is 291 g/mol. The van der Waals surface area contributed by atoms with Crippen molar-refractivity contribution in [1.82, 2.24) is 5.43 Å². The lowest BCUT2D eigenvalue weighted by Gasteiger charge is -2.15. The lowest BCUT2D eigenvalue weighted by Crippen LogP contribution is -2.26. The van der Waals surface area contributed by atoms with Gasteiger partial charge in [0, 0.05) is 5.71 Å². The Hall–Kier alpha value is -1.42. The molecule has 0 heterocycles. The maximum absolute atomic E-state index is 5.44. The molecule has 4 heteroatoms. The van der Waals surface area contributed by atoms with Gasteiger partial charge < -0.3 is 5.73 Å². The maximum Gasteiger partial charge on any atom is 0.184 e. The van der Waals surface area contributed by atoms with Crippen molar-refractivity contribution in [2.45, 2.75) is 46.5 Å². The highest BCUT2D eigenvalue weighted by Gasteiger charge is 2.11. The van der Waals surface area contributed by atoms with E-state index in [2.05, 4.69) is 62.5 Å². The molecule has 0 saturated carbocycles. The van der Waals surface area contributed by atoms with E-state index in [-0.39, 0.29) is 5.11 Å². The van der Waals surface area contributed by atoms with Crippen LogP contribution in [0.1, 0.15) is 50.7 Å². The van der Waals surface area contributed by atoms with Crippen molar-refractivity contribution < 1.29 is 0 Å². The number of hydrogen-bond donors (Lipinski definition) is 2. The molecular formula is C16H25N3S. The molecule has 110 valence electrons. The highest BCUT2D eigenvalue weighted by Crippen LogP contribution is 2.21. The van der Waals surface area contributed by atoms with Crippen LogP contribution in [0.25, 0.3) is 0 Å². The third-order valence-electron chi connectivity index (χ3n) is 3.16. The van der Waals surface area contributed by atoms with Gasteiger partial charge in [0.15, 0.2) is 5.11 Å². The predicted molar refractivity (Wildman–Crippen MR) is 91.0 cm³/mol. The Bertz CT molecular complexity index is 463. The number of aryl methyl sites for hydroxylation is 1. The standard InChI is InChI=1S/C16H25N3S/c1-11(2)9-15(18-19-16(17)20)10-13(4)14-7-5-12(3)6-8-14/h5-8,11,13H,9-10H2,1-4H3,(H3,17,19,20)/b18-15+. The van der Waals surface area contributed by atoms with Crippen LogP contribution >= 0.6 is 12.2 Å². The van der Waals surface area contributed by atoms with Crippen LogP contribution in [0, 0.1) is 12.8 Å².